The maximum atomic E-state index is 14.1. The molecule has 94 heavy (non-hydrogen) atoms. The number of aromatic nitrogens is 4. The lowest BCUT2D eigenvalue weighted by Gasteiger charge is -2.30. The van der Waals surface area contributed by atoms with Crippen LogP contribution < -0.4 is 15.5 Å². The second-order valence-corrected chi connectivity index (χ2v) is 26.2. The summed E-state index contributed by atoms with van der Waals surface area (Å²) in [5, 5.41) is 5.44. The fourth-order valence-corrected chi connectivity index (χ4v) is 13.2. The number of hydrogen-bond donors (Lipinski definition) is 4. The van der Waals surface area contributed by atoms with Gasteiger partial charge in [-0.3, -0.25) is 24.2 Å². The summed E-state index contributed by atoms with van der Waals surface area (Å²) < 4.78 is 15.5. The van der Waals surface area contributed by atoms with E-state index in [1.54, 1.807) is 11.1 Å². The van der Waals surface area contributed by atoms with E-state index >= 15 is 0 Å². The summed E-state index contributed by atoms with van der Waals surface area (Å²) in [6.45, 7) is 13.8. The van der Waals surface area contributed by atoms with Crippen LogP contribution in [0.1, 0.15) is 114 Å². The summed E-state index contributed by atoms with van der Waals surface area (Å²) in [5.41, 5.74) is 10.9. The van der Waals surface area contributed by atoms with Gasteiger partial charge >= 0.3 is 18.2 Å². The van der Waals surface area contributed by atoms with E-state index in [2.05, 4.69) is 125 Å². The number of hydrogen-bond acceptors (Lipinski definition) is 13. The Morgan fingerprint density at radius 2 is 1.10 bits per heavy atom. The summed E-state index contributed by atoms with van der Waals surface area (Å²) in [7, 11) is 3.95. The molecule has 5 amide bonds. The summed E-state index contributed by atoms with van der Waals surface area (Å²) in [6, 6.07) is 42.8. The zero-order valence-corrected chi connectivity index (χ0v) is 56.3. The molecule has 2 aromatic heterocycles. The van der Waals surface area contributed by atoms with Crippen molar-refractivity contribution in [3.05, 3.63) is 179 Å². The fraction of sp³-hybridized carbons (Fsp3) is 0.384. The molecule has 0 aliphatic carbocycles. The number of imidazole rings is 2. The number of amides is 5. The minimum Gasteiger partial charge on any atom is -0.469 e. The highest BCUT2D eigenvalue weighted by atomic mass is 79.9. The third-order valence-corrected chi connectivity index (χ3v) is 18.8. The number of carbonyl (C=O) groups is 6. The molecule has 4 aliphatic rings. The molecule has 0 bridgehead atoms. The Hall–Kier alpha value is -9.37. The Labute approximate surface area is 558 Å². The van der Waals surface area contributed by atoms with Gasteiger partial charge in [0.05, 0.1) is 87.9 Å². The molecule has 11 rings (SSSR count). The molecule has 4 aliphatic heterocycles. The molecule has 7 atom stereocenters. The molecular formula is C73H84BrN11O9. The lowest BCUT2D eigenvalue weighted by atomic mass is 9.90. The molecule has 0 spiro atoms. The monoisotopic (exact) mass is 1340 g/mol. The van der Waals surface area contributed by atoms with Crippen molar-refractivity contribution in [2.24, 2.45) is 28.7 Å². The van der Waals surface area contributed by atoms with E-state index in [0.29, 0.717) is 45.0 Å². The molecule has 5 aromatic carbocycles. The molecule has 7 aromatic rings. The standard InChI is InChI=1S/C46H54N8O6.C27H30BrN3O3/c1-27(2)39(51-45(57)59-5)43(55)53-22-10-13-37(53)41-47-24-35(49-41)32-18-14-30(15-19-32)31-16-20-33(21-17-31)36-25-48-42(50-36)38-23-34(29-11-8-7-9-12-29)26-54(38)44(56)40(28(3)4)52-46(58)60-6;1-18(2)22(15-26(32)34-3)27(33)31-17-30(21-7-5-4-6-8-21)16-25(31)24-14-13-23(29-24)19-9-11-20(28)12-10-19/h7-9,11-12,14-21,24-25,27-28,34,37-40H,10,13,22-23,26H2,1-6H3,(H,47,49)(H,48,50)(H,51,57)(H,52,58);4-13,18,22,25H,14-17H2,1-3H3/t34?,37-,38-,39-,40-;22-,25-/m00/s1. The number of carbonyl (C=O) groups excluding carboxylic acids is 6. The van der Waals surface area contributed by atoms with E-state index in [9.17, 15) is 28.8 Å². The van der Waals surface area contributed by atoms with Gasteiger partial charge in [0.25, 0.3) is 0 Å². The average molecular weight is 1340 g/mol. The Morgan fingerprint density at radius 1 is 0.574 bits per heavy atom. The number of rotatable bonds is 19. The Kier molecular flexibility index (Phi) is 22.0. The van der Waals surface area contributed by atoms with Crippen molar-refractivity contribution >= 4 is 68.9 Å². The van der Waals surface area contributed by atoms with Crippen molar-refractivity contribution in [3.63, 3.8) is 0 Å². The van der Waals surface area contributed by atoms with Crippen LogP contribution in [0.25, 0.3) is 39.3 Å². The lowest BCUT2D eigenvalue weighted by Crippen LogP contribution is -2.51. The largest absolute Gasteiger partial charge is 0.469 e. The van der Waals surface area contributed by atoms with Crippen molar-refractivity contribution in [1.29, 1.82) is 0 Å². The van der Waals surface area contributed by atoms with Gasteiger partial charge < -0.3 is 54.4 Å². The van der Waals surface area contributed by atoms with Crippen LogP contribution in [-0.4, -0.2) is 142 Å². The maximum Gasteiger partial charge on any atom is 0.407 e. The van der Waals surface area contributed by atoms with Crippen LogP contribution >= 0.6 is 15.9 Å². The van der Waals surface area contributed by atoms with E-state index in [4.69, 9.17) is 24.2 Å². The van der Waals surface area contributed by atoms with Crippen molar-refractivity contribution in [2.75, 3.05) is 52.5 Å². The van der Waals surface area contributed by atoms with E-state index in [0.717, 1.165) is 85.0 Å². The van der Waals surface area contributed by atoms with E-state index in [1.807, 2.05) is 118 Å². The highest BCUT2D eigenvalue weighted by Gasteiger charge is 2.44. The lowest BCUT2D eigenvalue weighted by molar-refractivity contribution is -0.148. The van der Waals surface area contributed by atoms with Gasteiger partial charge in [-0.25, -0.2) is 19.6 Å². The maximum absolute atomic E-state index is 14.1. The smallest absolute Gasteiger partial charge is 0.407 e. The number of ether oxygens (including phenoxy) is 3. The number of methoxy groups -OCH3 is 3. The van der Waals surface area contributed by atoms with Gasteiger partial charge in [-0.1, -0.05) is 173 Å². The third-order valence-electron chi connectivity index (χ3n) is 18.2. The van der Waals surface area contributed by atoms with Gasteiger partial charge in [-0.2, -0.15) is 0 Å². The number of nitrogens with one attached hydrogen (secondary N) is 4. The van der Waals surface area contributed by atoms with Gasteiger partial charge in [-0.15, -0.1) is 0 Å². The second-order valence-electron chi connectivity index (χ2n) is 25.3. The molecule has 20 nitrogen and oxygen atoms in total. The van der Waals surface area contributed by atoms with Gasteiger partial charge in [0, 0.05) is 47.8 Å². The predicted molar refractivity (Wildman–Crippen MR) is 366 cm³/mol. The molecule has 3 fully saturated rings. The van der Waals surface area contributed by atoms with Gasteiger partial charge in [0.1, 0.15) is 23.7 Å². The number of halogens is 1. The molecular weight excluding hydrogens is 1250 g/mol. The molecule has 21 heteroatoms. The Morgan fingerprint density at radius 3 is 1.63 bits per heavy atom. The van der Waals surface area contributed by atoms with Crippen molar-refractivity contribution < 1.29 is 43.0 Å². The van der Waals surface area contributed by atoms with E-state index in [-0.39, 0.29) is 71.9 Å². The first kappa shape index (κ1) is 67.5. The number of esters is 1. The number of aromatic amines is 2. The van der Waals surface area contributed by atoms with Crippen LogP contribution in [0.5, 0.6) is 0 Å². The minimum atomic E-state index is -0.746. The summed E-state index contributed by atoms with van der Waals surface area (Å²) >= 11 is 3.48. The topological polar surface area (TPSA) is 237 Å². The molecule has 3 saturated heterocycles. The first-order valence-electron chi connectivity index (χ1n) is 32.2. The van der Waals surface area contributed by atoms with Gasteiger partial charge in [0.15, 0.2) is 0 Å². The van der Waals surface area contributed by atoms with Crippen LogP contribution in [0, 0.1) is 23.7 Å². The number of aliphatic imine (C=N–C) groups is 1. The molecule has 492 valence electrons. The Bertz CT molecular complexity index is 3830. The first-order chi connectivity index (χ1) is 45.3. The third kappa shape index (κ3) is 15.6. The van der Waals surface area contributed by atoms with Crippen molar-refractivity contribution in [1.82, 2.24) is 45.3 Å². The molecule has 1 unspecified atom stereocenters. The number of H-pyrrole nitrogens is 2. The fourth-order valence-electron chi connectivity index (χ4n) is 12.9. The van der Waals surface area contributed by atoms with E-state index in [1.165, 1.54) is 21.3 Å². The van der Waals surface area contributed by atoms with Crippen LogP contribution in [0.2, 0.25) is 0 Å². The van der Waals surface area contributed by atoms with Crippen molar-refractivity contribution in [3.8, 4) is 33.6 Å². The summed E-state index contributed by atoms with van der Waals surface area (Å²) in [4.78, 5) is 107. The molecule has 0 radical (unpaired) electrons. The average Bonchev–Trinajstić information content (AvgIpc) is 1.65. The summed E-state index contributed by atoms with van der Waals surface area (Å²) in [5.74, 6) is 0.140. The van der Waals surface area contributed by atoms with Crippen LogP contribution in [0.4, 0.5) is 15.3 Å². The normalized spacial score (nSPS) is 18.7. The number of benzene rings is 5. The quantitative estimate of drug-likeness (QED) is 0.0437. The number of likely N-dealkylation sites (tertiary alicyclic amines) is 2. The number of nitrogens with zero attached hydrogens (tertiary/aromatic N) is 7. The van der Waals surface area contributed by atoms with Crippen LogP contribution in [-0.2, 0) is 33.4 Å². The number of para-hydroxylation sites is 1. The molecule has 0 saturated carbocycles. The SMILES string of the molecule is COC(=O)C[C@H](C(=O)N1CN(c2ccccc2)C[C@H]1C1=NC(c2ccc(Br)cc2)=CC1)C(C)C.COC(=O)N[C@H](C(=O)N1CCC[C@H]1c1ncc(-c2ccc(-c3ccc(-c4cnc([C@@H]5CC(c6ccccc6)CN5C(=O)[C@@H](NC(=O)OC)C(C)C)[nH]4)cc3)cc2)[nH]1)C(C)C. The molecule has 6 heterocycles. The number of alkyl carbamates (subject to hydrolysis) is 2. The van der Waals surface area contributed by atoms with Crippen molar-refractivity contribution in [2.45, 2.75) is 110 Å². The zero-order chi connectivity index (χ0) is 66.7. The number of anilines is 1. The minimum absolute atomic E-state index is 0.0139. The molecule has 4 N–H and O–H groups in total. The van der Waals surface area contributed by atoms with E-state index < -0.39 is 30.2 Å². The first-order valence-corrected chi connectivity index (χ1v) is 33.0. The van der Waals surface area contributed by atoms with Gasteiger partial charge in [0.2, 0.25) is 17.7 Å². The summed E-state index contributed by atoms with van der Waals surface area (Å²) in [6.07, 6.45) is 7.56. The van der Waals surface area contributed by atoms with Crippen LogP contribution in [0.3, 0.4) is 0 Å². The highest BCUT2D eigenvalue weighted by molar-refractivity contribution is 9.10. The Balaban J connectivity index is 0.000000240. The second kappa shape index (κ2) is 30.6. The van der Waals surface area contributed by atoms with Gasteiger partial charge in [-0.05, 0) is 94.7 Å². The number of allylic oxidation sites excluding steroid dienone is 1. The zero-order valence-electron chi connectivity index (χ0n) is 54.8. The highest BCUT2D eigenvalue weighted by Crippen LogP contribution is 2.42. The van der Waals surface area contributed by atoms with Crippen LogP contribution in [0.15, 0.2) is 161 Å². The predicted octanol–water partition coefficient (Wildman–Crippen LogP) is 12.8.